The topological polar surface area (TPSA) is 42.7 Å². The first-order chi connectivity index (χ1) is 13.1. The number of carbonyl (C=O) groups is 1. The number of rotatable bonds is 5. The monoisotopic (exact) mass is 396 g/mol. The molecule has 1 aromatic rings. The van der Waals surface area contributed by atoms with Crippen molar-refractivity contribution >= 4 is 5.97 Å². The summed E-state index contributed by atoms with van der Waals surface area (Å²) in [6.07, 6.45) is -3.85. The number of carbonyl (C=O) groups excluding carboxylic acids is 1. The molecule has 0 saturated heterocycles. The summed E-state index contributed by atoms with van der Waals surface area (Å²) in [5, 5.41) is 2.97. The number of nitrogens with one attached hydrogen (secondary N) is 1. The summed E-state index contributed by atoms with van der Waals surface area (Å²) in [6.45, 7) is 12.5. The average molecular weight is 396 g/mol. The van der Waals surface area contributed by atoms with Gasteiger partial charge in [0.1, 0.15) is 5.82 Å². The van der Waals surface area contributed by atoms with Gasteiger partial charge in [-0.3, -0.25) is 0 Å². The van der Waals surface area contributed by atoms with Gasteiger partial charge < -0.3 is 10.1 Å². The highest BCUT2D eigenvalue weighted by Gasteiger charge is 2.42. The van der Waals surface area contributed by atoms with Crippen LogP contribution in [0.2, 0.25) is 0 Å². The summed E-state index contributed by atoms with van der Waals surface area (Å²) in [7, 11) is 0. The number of benzene rings is 1. The lowest BCUT2D eigenvalue weighted by Gasteiger charge is -2.31. The molecule has 4 nitrogen and oxygen atoms in total. The minimum absolute atomic E-state index is 0.0278. The zero-order valence-electron chi connectivity index (χ0n) is 15.7. The third-order valence-corrected chi connectivity index (χ3v) is 4.36. The van der Waals surface area contributed by atoms with Crippen LogP contribution in [0, 0.1) is 12.4 Å². The van der Waals surface area contributed by atoms with E-state index in [-0.39, 0.29) is 23.4 Å². The molecule has 0 radical (unpaired) electrons. The fourth-order valence-electron chi connectivity index (χ4n) is 3.26. The quantitative estimate of drug-likeness (QED) is 0.417. The summed E-state index contributed by atoms with van der Waals surface area (Å²) in [5.74, 6) is -3.14. The third kappa shape index (κ3) is 4.19. The van der Waals surface area contributed by atoms with E-state index in [1.165, 1.54) is 0 Å². The molecule has 1 heterocycles. The highest BCUT2D eigenvalue weighted by molar-refractivity contribution is 5.93. The van der Waals surface area contributed by atoms with E-state index in [0.717, 1.165) is 12.1 Å². The first kappa shape index (κ1) is 21.5. The smallest absolute Gasteiger partial charge is 0.416 e. The van der Waals surface area contributed by atoms with Gasteiger partial charge in [-0.2, -0.15) is 13.2 Å². The maximum Gasteiger partial charge on any atom is 0.416 e. The Kier molecular flexibility index (Phi) is 6.49. The van der Waals surface area contributed by atoms with Gasteiger partial charge in [0.25, 0.3) is 0 Å². The Labute approximate surface area is 160 Å². The fourth-order valence-corrected chi connectivity index (χ4v) is 3.26. The number of alkyl halides is 3. The highest BCUT2D eigenvalue weighted by Crippen LogP contribution is 2.45. The van der Waals surface area contributed by atoms with Crippen LogP contribution in [-0.4, -0.2) is 12.6 Å². The lowest BCUT2D eigenvalue weighted by molar-refractivity contribution is -0.140. The van der Waals surface area contributed by atoms with Crippen LogP contribution >= 0.6 is 0 Å². The van der Waals surface area contributed by atoms with Crippen LogP contribution in [0.15, 0.2) is 40.9 Å². The number of esters is 1. The van der Waals surface area contributed by atoms with E-state index in [1.807, 2.05) is 6.92 Å². The van der Waals surface area contributed by atoms with Crippen molar-refractivity contribution in [3.8, 4) is 0 Å². The summed E-state index contributed by atoms with van der Waals surface area (Å²) in [5.41, 5.74) is -0.900. The van der Waals surface area contributed by atoms with Crippen molar-refractivity contribution in [2.75, 3.05) is 6.61 Å². The van der Waals surface area contributed by atoms with E-state index in [4.69, 9.17) is 11.3 Å². The van der Waals surface area contributed by atoms with Crippen LogP contribution in [0.3, 0.4) is 0 Å². The van der Waals surface area contributed by atoms with Gasteiger partial charge in [-0.25, -0.2) is 14.0 Å². The van der Waals surface area contributed by atoms with E-state index in [0.29, 0.717) is 30.3 Å². The molecular formula is C20H20F4N2O2. The van der Waals surface area contributed by atoms with Gasteiger partial charge in [0.05, 0.1) is 30.2 Å². The Morgan fingerprint density at radius 1 is 1.32 bits per heavy atom. The Balaban J connectivity index is 2.83. The minimum Gasteiger partial charge on any atom is -0.463 e. The molecule has 0 saturated carbocycles. The fraction of sp³-hybridized carbons (Fsp3) is 0.400. The SMILES string of the molecule is [C-]#[N+]C1=C(C)NC(CCC)=C(C(=O)OCC)C1c1ccc(F)cc1C(F)(F)F. The molecule has 1 unspecified atom stereocenters. The molecule has 1 aromatic carbocycles. The largest absolute Gasteiger partial charge is 0.463 e. The molecule has 8 heteroatoms. The molecule has 0 fully saturated rings. The van der Waals surface area contributed by atoms with Crippen LogP contribution in [-0.2, 0) is 15.7 Å². The number of nitrogens with zero attached hydrogens (tertiary/aromatic N) is 1. The van der Waals surface area contributed by atoms with Gasteiger partial charge in [-0.1, -0.05) is 19.4 Å². The summed E-state index contributed by atoms with van der Waals surface area (Å²) in [4.78, 5) is 16.0. The summed E-state index contributed by atoms with van der Waals surface area (Å²) >= 11 is 0. The van der Waals surface area contributed by atoms with Gasteiger partial charge in [0, 0.05) is 11.4 Å². The molecule has 28 heavy (non-hydrogen) atoms. The Hall–Kier alpha value is -2.82. The molecule has 150 valence electrons. The molecule has 0 aromatic heterocycles. The van der Waals surface area contributed by atoms with Gasteiger partial charge in [-0.15, -0.1) is 0 Å². The molecule has 1 aliphatic heterocycles. The summed E-state index contributed by atoms with van der Waals surface area (Å²) < 4.78 is 59.5. The molecular weight excluding hydrogens is 376 g/mol. The van der Waals surface area contributed by atoms with Crippen molar-refractivity contribution in [1.82, 2.24) is 5.32 Å². The Morgan fingerprint density at radius 2 is 2.00 bits per heavy atom. The highest BCUT2D eigenvalue weighted by atomic mass is 19.4. The molecule has 0 spiro atoms. The van der Waals surface area contributed by atoms with Crippen LogP contribution in [0.4, 0.5) is 17.6 Å². The number of hydrogen-bond acceptors (Lipinski definition) is 3. The van der Waals surface area contributed by atoms with Gasteiger partial charge in [0.15, 0.2) is 5.70 Å². The first-order valence-corrected chi connectivity index (χ1v) is 8.77. The molecule has 1 atom stereocenters. The van der Waals surface area contributed by atoms with Crippen molar-refractivity contribution in [2.45, 2.75) is 45.7 Å². The van der Waals surface area contributed by atoms with E-state index in [9.17, 15) is 22.4 Å². The van der Waals surface area contributed by atoms with E-state index in [1.54, 1.807) is 13.8 Å². The van der Waals surface area contributed by atoms with Crippen LogP contribution < -0.4 is 5.32 Å². The lowest BCUT2D eigenvalue weighted by Crippen LogP contribution is -2.30. The second-order valence-corrected chi connectivity index (χ2v) is 6.27. The van der Waals surface area contributed by atoms with Crippen molar-refractivity contribution < 1.29 is 27.1 Å². The van der Waals surface area contributed by atoms with Crippen LogP contribution in [0.25, 0.3) is 4.85 Å². The average Bonchev–Trinajstić information content (AvgIpc) is 2.61. The van der Waals surface area contributed by atoms with Gasteiger partial charge in [0.2, 0.25) is 0 Å². The maximum atomic E-state index is 13.6. The normalized spacial score (nSPS) is 17.3. The first-order valence-electron chi connectivity index (χ1n) is 8.77. The number of halogens is 4. The van der Waals surface area contributed by atoms with Gasteiger partial charge in [-0.05, 0) is 38.0 Å². The van der Waals surface area contributed by atoms with Crippen molar-refractivity contribution in [3.05, 3.63) is 69.2 Å². The minimum atomic E-state index is -4.85. The molecule has 2 rings (SSSR count). The van der Waals surface area contributed by atoms with E-state index >= 15 is 0 Å². The lowest BCUT2D eigenvalue weighted by atomic mass is 9.81. The Morgan fingerprint density at radius 3 is 2.54 bits per heavy atom. The molecule has 1 N–H and O–H groups in total. The molecule has 0 aliphatic carbocycles. The predicted octanol–water partition coefficient (Wildman–Crippen LogP) is 5.30. The van der Waals surface area contributed by atoms with Crippen molar-refractivity contribution in [1.29, 1.82) is 0 Å². The second-order valence-electron chi connectivity index (χ2n) is 6.27. The number of dihydropyridines is 1. The van der Waals surface area contributed by atoms with Crippen molar-refractivity contribution in [2.24, 2.45) is 0 Å². The zero-order valence-corrected chi connectivity index (χ0v) is 15.7. The van der Waals surface area contributed by atoms with Crippen molar-refractivity contribution in [3.63, 3.8) is 0 Å². The zero-order chi connectivity index (χ0) is 21.1. The molecule has 0 amide bonds. The standard InChI is InChI=1S/C20H20F4N2O2/c1-5-7-15-17(19(27)28-6-2)16(18(25-4)11(3)26-15)13-9-8-12(21)10-14(13)20(22,23)24/h8-10,16,26H,5-7H2,1-3H3. The van der Waals surface area contributed by atoms with Gasteiger partial charge >= 0.3 is 12.1 Å². The third-order valence-electron chi connectivity index (χ3n) is 4.36. The molecule has 1 aliphatic rings. The predicted molar refractivity (Wildman–Crippen MR) is 95.1 cm³/mol. The van der Waals surface area contributed by atoms with Crippen LogP contribution in [0.5, 0.6) is 0 Å². The maximum absolute atomic E-state index is 13.6. The number of allylic oxidation sites excluding steroid dienone is 3. The summed E-state index contributed by atoms with van der Waals surface area (Å²) in [6, 6.07) is 2.26. The van der Waals surface area contributed by atoms with Crippen LogP contribution in [0.1, 0.15) is 50.7 Å². The Bertz CT molecular complexity index is 879. The van der Waals surface area contributed by atoms with E-state index < -0.39 is 29.4 Å². The number of ether oxygens (including phenoxy) is 1. The van der Waals surface area contributed by atoms with E-state index in [2.05, 4.69) is 10.2 Å². The second kappa shape index (κ2) is 8.46. The molecule has 0 bridgehead atoms. The number of hydrogen-bond donors (Lipinski definition) is 1.